The van der Waals surface area contributed by atoms with Crippen LogP contribution in [-0.2, 0) is 18.3 Å². The zero-order chi connectivity index (χ0) is 19.4. The number of likely N-dealkylation sites (tertiary alicyclic amines) is 1. The molecule has 0 aliphatic carbocycles. The Bertz CT molecular complexity index is 1020. The van der Waals surface area contributed by atoms with Crippen molar-refractivity contribution in [1.82, 2.24) is 19.6 Å². The van der Waals surface area contributed by atoms with Crippen molar-refractivity contribution in [1.29, 1.82) is 0 Å². The lowest BCUT2D eigenvalue weighted by atomic mass is 10.0. The first-order chi connectivity index (χ1) is 13.5. The largest absolute Gasteiger partial charge is 0.361 e. The maximum absolute atomic E-state index is 12.8. The van der Waals surface area contributed by atoms with E-state index in [1.165, 1.54) is 0 Å². The molecule has 0 saturated carbocycles. The van der Waals surface area contributed by atoms with E-state index in [4.69, 9.17) is 9.51 Å². The summed E-state index contributed by atoms with van der Waals surface area (Å²) in [5, 5.41) is 3.96. The molecule has 0 spiro atoms. The molecule has 7 nitrogen and oxygen atoms in total. The van der Waals surface area contributed by atoms with Gasteiger partial charge in [-0.25, -0.2) is 4.98 Å². The van der Waals surface area contributed by atoms with Crippen molar-refractivity contribution in [2.45, 2.75) is 20.3 Å². The third-order valence-electron chi connectivity index (χ3n) is 6.39. The monoisotopic (exact) mass is 379 g/mol. The molecule has 2 atom stereocenters. The van der Waals surface area contributed by atoms with Crippen molar-refractivity contribution in [3.8, 4) is 0 Å². The van der Waals surface area contributed by atoms with Crippen LogP contribution in [0.3, 0.4) is 0 Å². The molecule has 0 bridgehead atoms. The van der Waals surface area contributed by atoms with Gasteiger partial charge in [-0.3, -0.25) is 4.79 Å². The zero-order valence-electron chi connectivity index (χ0n) is 16.6. The second-order valence-electron chi connectivity index (χ2n) is 8.16. The van der Waals surface area contributed by atoms with Crippen molar-refractivity contribution in [2.24, 2.45) is 18.9 Å². The standard InChI is InChI=1S/C21H25N5O2/c1-13-17(14(2)28-23-13)8-20(27)25-9-15-11-26(12-16(15)10-25)21-22-18-6-4-5-7-19(18)24(21)3/h4-7,15-16H,8-12H2,1-3H3. The summed E-state index contributed by atoms with van der Waals surface area (Å²) < 4.78 is 7.37. The van der Waals surface area contributed by atoms with E-state index in [2.05, 4.69) is 39.9 Å². The highest BCUT2D eigenvalue weighted by Gasteiger charge is 2.42. The van der Waals surface area contributed by atoms with Crippen LogP contribution in [0.4, 0.5) is 5.95 Å². The van der Waals surface area contributed by atoms with Gasteiger partial charge in [-0.05, 0) is 26.0 Å². The molecule has 0 radical (unpaired) electrons. The van der Waals surface area contributed by atoms with E-state index in [1.807, 2.05) is 24.8 Å². The van der Waals surface area contributed by atoms with Crippen molar-refractivity contribution >= 4 is 22.9 Å². The van der Waals surface area contributed by atoms with E-state index in [0.717, 1.165) is 60.2 Å². The maximum Gasteiger partial charge on any atom is 0.227 e. The van der Waals surface area contributed by atoms with Crippen molar-refractivity contribution in [3.63, 3.8) is 0 Å². The SMILES string of the molecule is Cc1noc(C)c1CC(=O)N1CC2CN(c3nc4ccccc4n3C)CC2C1. The van der Waals surface area contributed by atoms with Crippen molar-refractivity contribution < 1.29 is 9.32 Å². The number of carbonyl (C=O) groups is 1. The van der Waals surface area contributed by atoms with Crippen molar-refractivity contribution in [3.05, 3.63) is 41.3 Å². The Morgan fingerprint density at radius 3 is 2.50 bits per heavy atom. The summed E-state index contributed by atoms with van der Waals surface area (Å²) in [4.78, 5) is 22.0. The number of fused-ring (bicyclic) bond motifs is 2. The molecule has 7 heteroatoms. The summed E-state index contributed by atoms with van der Waals surface area (Å²) in [6.07, 6.45) is 0.384. The van der Waals surface area contributed by atoms with Crippen LogP contribution in [0.25, 0.3) is 11.0 Å². The number of anilines is 1. The highest BCUT2D eigenvalue weighted by atomic mass is 16.5. The molecule has 1 aromatic carbocycles. The number of aromatic nitrogens is 3. The quantitative estimate of drug-likeness (QED) is 0.699. The number of carbonyl (C=O) groups excluding carboxylic acids is 1. The Labute approximate surface area is 163 Å². The number of hydrogen-bond donors (Lipinski definition) is 0. The molecule has 4 heterocycles. The Kier molecular flexibility index (Phi) is 3.92. The molecular formula is C21H25N5O2. The summed E-state index contributed by atoms with van der Waals surface area (Å²) in [6.45, 7) is 7.33. The fourth-order valence-corrected chi connectivity index (χ4v) is 4.79. The highest BCUT2D eigenvalue weighted by Crippen LogP contribution is 2.35. The van der Waals surface area contributed by atoms with Crippen molar-refractivity contribution in [2.75, 3.05) is 31.1 Å². The van der Waals surface area contributed by atoms with Crippen LogP contribution in [0.1, 0.15) is 17.0 Å². The minimum absolute atomic E-state index is 0.179. The van der Waals surface area contributed by atoms with Crippen LogP contribution in [0.15, 0.2) is 28.8 Å². The van der Waals surface area contributed by atoms with Gasteiger partial charge in [-0.1, -0.05) is 17.3 Å². The van der Waals surface area contributed by atoms with Gasteiger partial charge in [-0.15, -0.1) is 0 Å². The number of rotatable bonds is 3. The Balaban J connectivity index is 1.27. The first-order valence-corrected chi connectivity index (χ1v) is 9.87. The molecule has 2 unspecified atom stereocenters. The lowest BCUT2D eigenvalue weighted by molar-refractivity contribution is -0.129. The molecule has 2 aliphatic heterocycles. The van der Waals surface area contributed by atoms with Crippen LogP contribution in [0.2, 0.25) is 0 Å². The van der Waals surface area contributed by atoms with E-state index in [0.29, 0.717) is 18.3 Å². The van der Waals surface area contributed by atoms with Crippen LogP contribution in [0.5, 0.6) is 0 Å². The second kappa shape index (κ2) is 6.36. The highest BCUT2D eigenvalue weighted by molar-refractivity contribution is 5.80. The predicted molar refractivity (Wildman–Crippen MR) is 106 cm³/mol. The summed E-state index contributed by atoms with van der Waals surface area (Å²) in [5.74, 6) is 2.97. The van der Waals surface area contributed by atoms with Gasteiger partial charge >= 0.3 is 0 Å². The number of para-hydroxylation sites is 2. The van der Waals surface area contributed by atoms with E-state index in [9.17, 15) is 4.79 Å². The summed E-state index contributed by atoms with van der Waals surface area (Å²) in [5.41, 5.74) is 3.95. The summed E-state index contributed by atoms with van der Waals surface area (Å²) in [7, 11) is 2.08. The minimum Gasteiger partial charge on any atom is -0.361 e. The van der Waals surface area contributed by atoms with Gasteiger partial charge in [0.05, 0.1) is 23.1 Å². The van der Waals surface area contributed by atoms with Gasteiger partial charge in [0.25, 0.3) is 0 Å². The molecule has 2 fully saturated rings. The molecule has 0 N–H and O–H groups in total. The third-order valence-corrected chi connectivity index (χ3v) is 6.39. The maximum atomic E-state index is 12.8. The Morgan fingerprint density at radius 2 is 1.86 bits per heavy atom. The normalized spacial score (nSPS) is 21.7. The zero-order valence-corrected chi connectivity index (χ0v) is 16.6. The number of nitrogens with zero attached hydrogens (tertiary/aromatic N) is 5. The van der Waals surface area contributed by atoms with Crippen LogP contribution in [0, 0.1) is 25.7 Å². The van der Waals surface area contributed by atoms with Gasteiger partial charge in [0.15, 0.2) is 0 Å². The fourth-order valence-electron chi connectivity index (χ4n) is 4.79. The van der Waals surface area contributed by atoms with Crippen LogP contribution >= 0.6 is 0 Å². The molecule has 28 heavy (non-hydrogen) atoms. The first kappa shape index (κ1) is 17.3. The van der Waals surface area contributed by atoms with E-state index in [-0.39, 0.29) is 5.91 Å². The number of benzene rings is 1. The predicted octanol–water partition coefficient (Wildman–Crippen LogP) is 2.32. The Hall–Kier alpha value is -2.83. The molecule has 5 rings (SSSR count). The molecule has 2 saturated heterocycles. The average Bonchev–Trinajstić information content (AvgIpc) is 3.41. The van der Waals surface area contributed by atoms with Gasteiger partial charge < -0.3 is 18.9 Å². The summed E-state index contributed by atoms with van der Waals surface area (Å²) >= 11 is 0. The number of amides is 1. The van der Waals surface area contributed by atoms with Gasteiger partial charge in [0.2, 0.25) is 11.9 Å². The average molecular weight is 379 g/mol. The molecular weight excluding hydrogens is 354 g/mol. The number of aryl methyl sites for hydroxylation is 3. The number of imidazole rings is 1. The van der Waals surface area contributed by atoms with E-state index < -0.39 is 0 Å². The molecule has 146 valence electrons. The fraction of sp³-hybridized carbons (Fsp3) is 0.476. The minimum atomic E-state index is 0.179. The molecule has 2 aromatic heterocycles. The lowest BCUT2D eigenvalue weighted by Crippen LogP contribution is -2.34. The first-order valence-electron chi connectivity index (χ1n) is 9.87. The topological polar surface area (TPSA) is 67.4 Å². The smallest absolute Gasteiger partial charge is 0.227 e. The van der Waals surface area contributed by atoms with Gasteiger partial charge in [0, 0.05) is 50.6 Å². The lowest BCUT2D eigenvalue weighted by Gasteiger charge is -2.22. The van der Waals surface area contributed by atoms with Gasteiger partial charge in [-0.2, -0.15) is 0 Å². The van der Waals surface area contributed by atoms with E-state index in [1.54, 1.807) is 0 Å². The second-order valence-corrected chi connectivity index (χ2v) is 8.16. The third kappa shape index (κ3) is 2.68. The summed E-state index contributed by atoms with van der Waals surface area (Å²) in [6, 6.07) is 8.25. The Morgan fingerprint density at radius 1 is 1.14 bits per heavy atom. The molecule has 3 aromatic rings. The molecule has 2 aliphatic rings. The van der Waals surface area contributed by atoms with Crippen LogP contribution in [-0.4, -0.2) is 51.7 Å². The van der Waals surface area contributed by atoms with Gasteiger partial charge in [0.1, 0.15) is 5.76 Å². The number of hydrogen-bond acceptors (Lipinski definition) is 5. The molecule has 1 amide bonds. The van der Waals surface area contributed by atoms with E-state index >= 15 is 0 Å². The van der Waals surface area contributed by atoms with Crippen LogP contribution < -0.4 is 4.90 Å².